The van der Waals surface area contributed by atoms with Crippen LogP contribution in [-0.2, 0) is 4.79 Å². The van der Waals surface area contributed by atoms with Gasteiger partial charge in [0.25, 0.3) is 0 Å². The number of nitrogens with zero attached hydrogens (tertiary/aromatic N) is 4. The SMILES string of the molecule is Cl.Cl.N#Cc1ccc(N[C@H]2CN[C@H](C(=O)N3CCCC3C#N)C2)nc1. The molecule has 0 aliphatic carbocycles. The molecule has 2 N–H and O–H groups in total. The number of anilines is 1. The molecule has 0 aromatic carbocycles. The van der Waals surface area contributed by atoms with Crippen molar-refractivity contribution in [3.8, 4) is 12.1 Å². The van der Waals surface area contributed by atoms with Crippen molar-refractivity contribution in [2.45, 2.75) is 37.4 Å². The summed E-state index contributed by atoms with van der Waals surface area (Å²) in [5.74, 6) is 0.714. The van der Waals surface area contributed by atoms with Gasteiger partial charge in [-0.3, -0.25) is 4.79 Å². The Morgan fingerprint density at radius 1 is 1.36 bits per heavy atom. The number of likely N-dealkylation sites (tertiary alicyclic amines) is 1. The van der Waals surface area contributed by atoms with E-state index in [1.54, 1.807) is 17.0 Å². The van der Waals surface area contributed by atoms with E-state index in [2.05, 4.69) is 21.7 Å². The molecular formula is C16H20Cl2N6O. The third-order valence-electron chi connectivity index (χ3n) is 4.36. The molecular weight excluding hydrogens is 363 g/mol. The van der Waals surface area contributed by atoms with Gasteiger partial charge in [-0.2, -0.15) is 10.5 Å². The number of pyridine rings is 1. The lowest BCUT2D eigenvalue weighted by molar-refractivity contribution is -0.133. The third-order valence-corrected chi connectivity index (χ3v) is 4.36. The van der Waals surface area contributed by atoms with Crippen molar-refractivity contribution in [3.05, 3.63) is 23.9 Å². The summed E-state index contributed by atoms with van der Waals surface area (Å²) in [6.45, 7) is 1.34. The first kappa shape index (κ1) is 21.0. The van der Waals surface area contributed by atoms with Crippen molar-refractivity contribution < 1.29 is 4.79 Å². The predicted molar refractivity (Wildman–Crippen MR) is 97.6 cm³/mol. The van der Waals surface area contributed by atoms with Gasteiger partial charge in [-0.15, -0.1) is 24.8 Å². The summed E-state index contributed by atoms with van der Waals surface area (Å²) in [4.78, 5) is 18.4. The van der Waals surface area contributed by atoms with E-state index < -0.39 is 0 Å². The lowest BCUT2D eigenvalue weighted by Crippen LogP contribution is -2.45. The summed E-state index contributed by atoms with van der Waals surface area (Å²) in [6, 6.07) is 7.28. The summed E-state index contributed by atoms with van der Waals surface area (Å²) in [7, 11) is 0. The van der Waals surface area contributed by atoms with Gasteiger partial charge in [-0.1, -0.05) is 0 Å². The Balaban J connectivity index is 0.00000156. The quantitative estimate of drug-likeness (QED) is 0.819. The number of carbonyl (C=O) groups excluding carboxylic acids is 1. The zero-order chi connectivity index (χ0) is 16.2. The second-order valence-electron chi connectivity index (χ2n) is 5.90. The largest absolute Gasteiger partial charge is 0.366 e. The van der Waals surface area contributed by atoms with E-state index in [4.69, 9.17) is 10.5 Å². The highest BCUT2D eigenvalue weighted by Gasteiger charge is 2.37. The van der Waals surface area contributed by atoms with Crippen LogP contribution in [0, 0.1) is 22.7 Å². The first-order chi connectivity index (χ1) is 11.2. The standard InChI is InChI=1S/C16H18N6O.2ClH/c17-7-11-3-4-15(20-9-11)21-12-6-14(19-10-12)16(23)22-5-1-2-13(22)8-18;;/h3-4,9,12-14,19H,1-2,5-6,10H2,(H,20,21);2*1H/t12-,13?,14+;;/m1../s1. The molecule has 25 heavy (non-hydrogen) atoms. The molecule has 2 aliphatic heterocycles. The number of carbonyl (C=O) groups is 1. The van der Waals surface area contributed by atoms with Gasteiger partial charge in [0.15, 0.2) is 0 Å². The van der Waals surface area contributed by atoms with E-state index >= 15 is 0 Å². The monoisotopic (exact) mass is 382 g/mol. The summed E-state index contributed by atoms with van der Waals surface area (Å²) in [5.41, 5.74) is 0.518. The van der Waals surface area contributed by atoms with Gasteiger partial charge in [0, 0.05) is 25.3 Å². The van der Waals surface area contributed by atoms with Crippen molar-refractivity contribution in [2.24, 2.45) is 0 Å². The summed E-state index contributed by atoms with van der Waals surface area (Å²) in [6.07, 6.45) is 3.85. The minimum Gasteiger partial charge on any atom is -0.366 e. The summed E-state index contributed by atoms with van der Waals surface area (Å²) < 4.78 is 0. The third kappa shape index (κ3) is 4.73. The Kier molecular flexibility index (Phi) is 7.92. The molecule has 1 aromatic heterocycles. The van der Waals surface area contributed by atoms with Gasteiger partial charge in [-0.25, -0.2) is 4.98 Å². The van der Waals surface area contributed by atoms with E-state index in [0.29, 0.717) is 30.9 Å². The highest BCUT2D eigenvalue weighted by atomic mass is 35.5. The van der Waals surface area contributed by atoms with Crippen LogP contribution in [0.15, 0.2) is 18.3 Å². The number of nitrogens with one attached hydrogen (secondary N) is 2. The van der Waals surface area contributed by atoms with Gasteiger partial charge >= 0.3 is 0 Å². The number of hydrogen-bond acceptors (Lipinski definition) is 6. The normalized spacial score (nSPS) is 24.4. The minimum atomic E-state index is -0.281. The van der Waals surface area contributed by atoms with Crippen LogP contribution in [0.3, 0.4) is 0 Å². The number of halogens is 2. The molecule has 1 amide bonds. The summed E-state index contributed by atoms with van der Waals surface area (Å²) in [5, 5.41) is 24.4. The first-order valence-corrected chi connectivity index (χ1v) is 7.77. The molecule has 1 aromatic rings. The van der Waals surface area contributed by atoms with Crippen LogP contribution in [0.25, 0.3) is 0 Å². The van der Waals surface area contributed by atoms with Gasteiger partial charge in [0.05, 0.1) is 17.7 Å². The molecule has 3 rings (SSSR count). The molecule has 3 heterocycles. The zero-order valence-electron chi connectivity index (χ0n) is 13.5. The summed E-state index contributed by atoms with van der Waals surface area (Å²) >= 11 is 0. The van der Waals surface area contributed by atoms with Crippen LogP contribution >= 0.6 is 24.8 Å². The fourth-order valence-electron chi connectivity index (χ4n) is 3.15. The number of nitriles is 2. The minimum absolute atomic E-state index is 0. The average molecular weight is 383 g/mol. The Bertz CT molecular complexity index is 669. The predicted octanol–water partition coefficient (Wildman–Crippen LogP) is 1.45. The van der Waals surface area contributed by atoms with Gasteiger partial charge in [0.2, 0.25) is 5.91 Å². The van der Waals surface area contributed by atoms with Gasteiger partial charge in [0.1, 0.15) is 17.9 Å². The molecule has 3 atom stereocenters. The number of amides is 1. The number of aromatic nitrogens is 1. The van der Waals surface area contributed by atoms with Crippen LogP contribution in [0.5, 0.6) is 0 Å². The molecule has 134 valence electrons. The number of hydrogen-bond donors (Lipinski definition) is 2. The van der Waals surface area contributed by atoms with Gasteiger partial charge in [-0.05, 0) is 31.4 Å². The molecule has 0 bridgehead atoms. The second kappa shape index (κ2) is 9.43. The van der Waals surface area contributed by atoms with Crippen LogP contribution in [0.4, 0.5) is 5.82 Å². The lowest BCUT2D eigenvalue weighted by Gasteiger charge is -2.23. The molecule has 2 saturated heterocycles. The topological polar surface area (TPSA) is 105 Å². The molecule has 0 radical (unpaired) electrons. The smallest absolute Gasteiger partial charge is 0.240 e. The zero-order valence-corrected chi connectivity index (χ0v) is 15.1. The van der Waals surface area contributed by atoms with Crippen molar-refractivity contribution in [2.75, 3.05) is 18.4 Å². The molecule has 1 unspecified atom stereocenters. The Hall–Kier alpha value is -2.06. The average Bonchev–Trinajstić information content (AvgIpc) is 3.24. The molecule has 9 heteroatoms. The molecule has 0 saturated carbocycles. The first-order valence-electron chi connectivity index (χ1n) is 7.77. The maximum absolute atomic E-state index is 12.5. The molecule has 0 spiro atoms. The maximum atomic E-state index is 12.5. The van der Waals surface area contributed by atoms with Crippen molar-refractivity contribution in [3.63, 3.8) is 0 Å². The Morgan fingerprint density at radius 2 is 2.16 bits per heavy atom. The molecule has 2 fully saturated rings. The fraction of sp³-hybridized carbons (Fsp3) is 0.500. The lowest BCUT2D eigenvalue weighted by atomic mass is 10.1. The van der Waals surface area contributed by atoms with Crippen LogP contribution in [0.2, 0.25) is 0 Å². The van der Waals surface area contributed by atoms with Crippen molar-refractivity contribution in [1.29, 1.82) is 10.5 Å². The van der Waals surface area contributed by atoms with E-state index in [0.717, 1.165) is 12.8 Å². The van der Waals surface area contributed by atoms with Crippen LogP contribution < -0.4 is 10.6 Å². The second-order valence-corrected chi connectivity index (χ2v) is 5.90. The Morgan fingerprint density at radius 3 is 2.80 bits per heavy atom. The fourth-order valence-corrected chi connectivity index (χ4v) is 3.15. The van der Waals surface area contributed by atoms with Crippen LogP contribution in [0.1, 0.15) is 24.8 Å². The number of rotatable bonds is 3. The van der Waals surface area contributed by atoms with E-state index in [1.807, 2.05) is 6.07 Å². The highest BCUT2D eigenvalue weighted by molar-refractivity contribution is 5.85. The van der Waals surface area contributed by atoms with Gasteiger partial charge < -0.3 is 15.5 Å². The highest BCUT2D eigenvalue weighted by Crippen LogP contribution is 2.21. The molecule has 2 aliphatic rings. The van der Waals surface area contributed by atoms with Crippen molar-refractivity contribution >= 4 is 36.5 Å². The van der Waals surface area contributed by atoms with E-state index in [1.165, 1.54) is 6.20 Å². The maximum Gasteiger partial charge on any atom is 0.240 e. The van der Waals surface area contributed by atoms with E-state index in [-0.39, 0.29) is 48.8 Å². The molecule has 7 nitrogen and oxygen atoms in total. The van der Waals surface area contributed by atoms with Crippen LogP contribution in [-0.4, -0.2) is 47.0 Å². The van der Waals surface area contributed by atoms with E-state index in [9.17, 15) is 4.79 Å². The Labute approximate surface area is 159 Å². The van der Waals surface area contributed by atoms with Crippen molar-refractivity contribution in [1.82, 2.24) is 15.2 Å².